The Morgan fingerprint density at radius 3 is 3.00 bits per heavy atom. The maximum atomic E-state index is 10.6. The Balaban J connectivity index is 2.93. The van der Waals surface area contributed by atoms with Crippen LogP contribution in [0.15, 0.2) is 25.0 Å². The Bertz CT molecular complexity index is 352. The summed E-state index contributed by atoms with van der Waals surface area (Å²) >= 11 is 0. The van der Waals surface area contributed by atoms with Gasteiger partial charge in [0.2, 0.25) is 0 Å². The molecule has 0 atom stereocenters. The van der Waals surface area contributed by atoms with Gasteiger partial charge in [-0.3, -0.25) is 4.98 Å². The van der Waals surface area contributed by atoms with Crippen molar-refractivity contribution in [1.82, 2.24) is 9.97 Å². The first-order valence-electron chi connectivity index (χ1n) is 4.02. The summed E-state index contributed by atoms with van der Waals surface area (Å²) in [5.74, 6) is -0.559. The molecule has 0 bridgehead atoms. The molecule has 0 aliphatic rings. The van der Waals surface area contributed by atoms with Gasteiger partial charge in [0.05, 0.1) is 12.4 Å². The number of rotatable bonds is 4. The third kappa shape index (κ3) is 2.29. The molecule has 1 rings (SSSR count). The van der Waals surface area contributed by atoms with E-state index in [1.165, 1.54) is 12.4 Å². The molecule has 1 heterocycles. The van der Waals surface area contributed by atoms with E-state index in [0.717, 1.165) is 0 Å². The highest BCUT2D eigenvalue weighted by Gasteiger charge is 2.07. The smallest absolute Gasteiger partial charge is 0.356 e. The number of hydrogen-bond acceptors (Lipinski definition) is 4. The van der Waals surface area contributed by atoms with Gasteiger partial charge in [0.15, 0.2) is 5.69 Å². The van der Waals surface area contributed by atoms with Crippen LogP contribution in [0.1, 0.15) is 10.5 Å². The third-order valence-electron chi connectivity index (χ3n) is 1.64. The molecule has 0 saturated heterocycles. The zero-order chi connectivity index (χ0) is 10.6. The number of likely N-dealkylation sites (N-methyl/N-ethyl adjacent to an activating group) is 1. The summed E-state index contributed by atoms with van der Waals surface area (Å²) in [5.41, 5.74) is -0.0570. The minimum Gasteiger partial charge on any atom is -0.476 e. The number of hydrogen-bond donors (Lipinski definition) is 1. The SMILES string of the molecule is C=CCN(C)c1cncc(C(=O)O)n1. The van der Waals surface area contributed by atoms with Gasteiger partial charge in [0.1, 0.15) is 5.82 Å². The second-order valence-corrected chi connectivity index (χ2v) is 2.74. The first-order valence-corrected chi connectivity index (χ1v) is 4.02. The average Bonchev–Trinajstić information content (AvgIpc) is 2.18. The van der Waals surface area contributed by atoms with Gasteiger partial charge >= 0.3 is 5.97 Å². The number of nitrogens with zero attached hydrogens (tertiary/aromatic N) is 3. The maximum absolute atomic E-state index is 10.6. The Morgan fingerprint density at radius 2 is 2.43 bits per heavy atom. The largest absolute Gasteiger partial charge is 0.476 e. The summed E-state index contributed by atoms with van der Waals surface area (Å²) < 4.78 is 0. The van der Waals surface area contributed by atoms with E-state index in [2.05, 4.69) is 16.5 Å². The van der Waals surface area contributed by atoms with Crippen molar-refractivity contribution >= 4 is 11.8 Å². The van der Waals surface area contributed by atoms with Crippen molar-refractivity contribution in [3.63, 3.8) is 0 Å². The summed E-state index contributed by atoms with van der Waals surface area (Å²) in [6.45, 7) is 4.17. The van der Waals surface area contributed by atoms with E-state index >= 15 is 0 Å². The third-order valence-corrected chi connectivity index (χ3v) is 1.64. The number of carbonyl (C=O) groups is 1. The highest BCUT2D eigenvalue weighted by atomic mass is 16.4. The second kappa shape index (κ2) is 4.36. The van der Waals surface area contributed by atoms with Crippen LogP contribution in [0.3, 0.4) is 0 Å². The Hall–Kier alpha value is -1.91. The molecule has 5 nitrogen and oxygen atoms in total. The lowest BCUT2D eigenvalue weighted by atomic mass is 10.4. The number of carboxylic acid groups (broad SMARTS) is 1. The molecule has 1 aromatic heterocycles. The Labute approximate surface area is 81.7 Å². The molecule has 0 saturated carbocycles. The molecular formula is C9H11N3O2. The molecular weight excluding hydrogens is 182 g/mol. The van der Waals surface area contributed by atoms with Gasteiger partial charge in [0, 0.05) is 13.6 Å². The summed E-state index contributed by atoms with van der Waals surface area (Å²) in [5, 5.41) is 8.68. The van der Waals surface area contributed by atoms with E-state index in [9.17, 15) is 4.79 Å². The quantitative estimate of drug-likeness (QED) is 0.716. The minimum absolute atomic E-state index is 0.0570. The predicted octanol–water partition coefficient (Wildman–Crippen LogP) is 0.797. The monoisotopic (exact) mass is 193 g/mol. The number of aromatic nitrogens is 2. The van der Waals surface area contributed by atoms with Gasteiger partial charge in [-0.15, -0.1) is 6.58 Å². The molecule has 5 heteroatoms. The van der Waals surface area contributed by atoms with Crippen LogP contribution in [0.4, 0.5) is 5.82 Å². The van der Waals surface area contributed by atoms with Crippen molar-refractivity contribution in [3.05, 3.63) is 30.7 Å². The summed E-state index contributed by atoms with van der Waals surface area (Å²) in [6.07, 6.45) is 4.43. The standard InChI is InChI=1S/C9H11N3O2/c1-3-4-12(2)8-6-10-5-7(11-8)9(13)14/h3,5-6H,1,4H2,2H3,(H,13,14). The minimum atomic E-state index is -1.08. The lowest BCUT2D eigenvalue weighted by molar-refractivity contribution is 0.0690. The van der Waals surface area contributed by atoms with Crippen LogP contribution >= 0.6 is 0 Å². The predicted molar refractivity (Wildman–Crippen MR) is 52.5 cm³/mol. The molecule has 1 aromatic rings. The van der Waals surface area contributed by atoms with Gasteiger partial charge in [-0.25, -0.2) is 9.78 Å². The van der Waals surface area contributed by atoms with E-state index in [0.29, 0.717) is 12.4 Å². The molecule has 0 aliphatic heterocycles. The van der Waals surface area contributed by atoms with E-state index in [1.54, 1.807) is 18.0 Å². The topological polar surface area (TPSA) is 66.3 Å². The number of anilines is 1. The maximum Gasteiger partial charge on any atom is 0.356 e. The second-order valence-electron chi connectivity index (χ2n) is 2.74. The Morgan fingerprint density at radius 1 is 1.71 bits per heavy atom. The summed E-state index contributed by atoms with van der Waals surface area (Å²) in [7, 11) is 1.79. The van der Waals surface area contributed by atoms with Crippen LogP contribution in [-0.4, -0.2) is 34.6 Å². The van der Waals surface area contributed by atoms with Crippen molar-refractivity contribution in [2.24, 2.45) is 0 Å². The fourth-order valence-corrected chi connectivity index (χ4v) is 0.930. The lowest BCUT2D eigenvalue weighted by Crippen LogP contribution is -2.19. The van der Waals surface area contributed by atoms with Gasteiger partial charge in [-0.05, 0) is 0 Å². The fourth-order valence-electron chi connectivity index (χ4n) is 0.930. The highest BCUT2D eigenvalue weighted by molar-refractivity contribution is 5.85. The highest BCUT2D eigenvalue weighted by Crippen LogP contribution is 2.06. The zero-order valence-electron chi connectivity index (χ0n) is 7.84. The van der Waals surface area contributed by atoms with Gasteiger partial charge in [-0.2, -0.15) is 0 Å². The van der Waals surface area contributed by atoms with Crippen LogP contribution in [-0.2, 0) is 0 Å². The van der Waals surface area contributed by atoms with Crippen molar-refractivity contribution in [2.75, 3.05) is 18.5 Å². The molecule has 14 heavy (non-hydrogen) atoms. The summed E-state index contributed by atoms with van der Waals surface area (Å²) in [6, 6.07) is 0. The molecule has 0 spiro atoms. The molecule has 0 unspecified atom stereocenters. The molecule has 0 radical (unpaired) electrons. The van der Waals surface area contributed by atoms with Crippen molar-refractivity contribution in [1.29, 1.82) is 0 Å². The molecule has 0 amide bonds. The van der Waals surface area contributed by atoms with Crippen molar-refractivity contribution < 1.29 is 9.90 Å². The first kappa shape index (κ1) is 10.2. The van der Waals surface area contributed by atoms with Crippen molar-refractivity contribution in [2.45, 2.75) is 0 Å². The van der Waals surface area contributed by atoms with Gasteiger partial charge < -0.3 is 10.0 Å². The van der Waals surface area contributed by atoms with E-state index in [1.807, 2.05) is 0 Å². The van der Waals surface area contributed by atoms with E-state index in [-0.39, 0.29) is 5.69 Å². The van der Waals surface area contributed by atoms with Crippen molar-refractivity contribution in [3.8, 4) is 0 Å². The van der Waals surface area contributed by atoms with E-state index < -0.39 is 5.97 Å². The first-order chi connectivity index (χ1) is 6.65. The number of carboxylic acids is 1. The van der Waals surface area contributed by atoms with Crippen LogP contribution < -0.4 is 4.90 Å². The fraction of sp³-hybridized carbons (Fsp3) is 0.222. The van der Waals surface area contributed by atoms with Gasteiger partial charge in [-0.1, -0.05) is 6.08 Å². The summed E-state index contributed by atoms with van der Waals surface area (Å²) in [4.78, 5) is 20.0. The van der Waals surface area contributed by atoms with E-state index in [4.69, 9.17) is 5.11 Å². The molecule has 0 aromatic carbocycles. The zero-order valence-corrected chi connectivity index (χ0v) is 7.84. The van der Waals surface area contributed by atoms with Gasteiger partial charge in [0.25, 0.3) is 0 Å². The van der Waals surface area contributed by atoms with Crippen LogP contribution in [0.2, 0.25) is 0 Å². The van der Waals surface area contributed by atoms with Crippen LogP contribution in [0, 0.1) is 0 Å². The molecule has 1 N–H and O–H groups in total. The Kier molecular flexibility index (Phi) is 3.17. The molecule has 0 fully saturated rings. The lowest BCUT2D eigenvalue weighted by Gasteiger charge is -2.14. The molecule has 0 aliphatic carbocycles. The normalized spacial score (nSPS) is 9.50. The van der Waals surface area contributed by atoms with Crippen LogP contribution in [0.25, 0.3) is 0 Å². The average molecular weight is 193 g/mol. The number of aromatic carboxylic acids is 1. The van der Waals surface area contributed by atoms with Crippen LogP contribution in [0.5, 0.6) is 0 Å². The molecule has 74 valence electrons.